The Morgan fingerprint density at radius 3 is 2.67 bits per heavy atom. The first-order valence-corrected chi connectivity index (χ1v) is 6.90. The molecule has 0 aliphatic heterocycles. The normalized spacial score (nSPS) is 12.4. The molecule has 0 bridgehead atoms. The first-order chi connectivity index (χ1) is 8.67. The molecule has 0 radical (unpaired) electrons. The molecule has 100 valence electrons. The van der Waals surface area contributed by atoms with Crippen LogP contribution in [-0.2, 0) is 0 Å². The maximum Gasteiger partial charge on any atom is 0.0578 e. The van der Waals surface area contributed by atoms with Crippen LogP contribution in [0.4, 0.5) is 0 Å². The van der Waals surface area contributed by atoms with Crippen LogP contribution < -0.4 is 5.32 Å². The Labute approximate surface area is 112 Å². The van der Waals surface area contributed by atoms with Crippen LogP contribution in [0.25, 0.3) is 0 Å². The minimum atomic E-state index is 0.382. The van der Waals surface area contributed by atoms with Gasteiger partial charge in [-0.3, -0.25) is 4.98 Å². The number of allylic oxidation sites excluding steroid dienone is 1. The highest BCUT2D eigenvalue weighted by atomic mass is 14.9. The Hall–Kier alpha value is -1.15. The topological polar surface area (TPSA) is 24.9 Å². The van der Waals surface area contributed by atoms with Gasteiger partial charge in [-0.25, -0.2) is 0 Å². The summed E-state index contributed by atoms with van der Waals surface area (Å²) in [6, 6.07) is 4.70. The SMILES string of the molecule is C=CCCCCCC(NC)c1cc(C)cc(C)n1. The van der Waals surface area contributed by atoms with E-state index < -0.39 is 0 Å². The second-order valence-electron chi connectivity index (χ2n) is 4.98. The largest absolute Gasteiger partial charge is 0.312 e. The van der Waals surface area contributed by atoms with Crippen molar-refractivity contribution in [1.29, 1.82) is 0 Å². The predicted molar refractivity (Wildman–Crippen MR) is 78.8 cm³/mol. The Bertz CT molecular complexity index is 351. The summed E-state index contributed by atoms with van der Waals surface area (Å²) in [7, 11) is 2.02. The van der Waals surface area contributed by atoms with Gasteiger partial charge in [0.1, 0.15) is 0 Å². The lowest BCUT2D eigenvalue weighted by molar-refractivity contribution is 0.497. The molecule has 0 spiro atoms. The maximum absolute atomic E-state index is 4.64. The molecule has 0 saturated heterocycles. The molecule has 2 heteroatoms. The summed E-state index contributed by atoms with van der Waals surface area (Å²) >= 11 is 0. The summed E-state index contributed by atoms with van der Waals surface area (Å²) < 4.78 is 0. The zero-order valence-electron chi connectivity index (χ0n) is 12.0. The summed E-state index contributed by atoms with van der Waals surface area (Å²) in [5.74, 6) is 0. The van der Waals surface area contributed by atoms with Crippen LogP contribution in [-0.4, -0.2) is 12.0 Å². The summed E-state index contributed by atoms with van der Waals surface area (Å²) in [5.41, 5.74) is 3.58. The Balaban J connectivity index is 2.51. The molecule has 1 rings (SSSR count). The molecule has 1 aromatic rings. The molecule has 0 aromatic carbocycles. The summed E-state index contributed by atoms with van der Waals surface area (Å²) in [6.45, 7) is 7.95. The number of unbranched alkanes of at least 4 members (excludes halogenated alkanes) is 3. The van der Waals surface area contributed by atoms with Crippen molar-refractivity contribution >= 4 is 0 Å². The monoisotopic (exact) mass is 246 g/mol. The fraction of sp³-hybridized carbons (Fsp3) is 0.562. The van der Waals surface area contributed by atoms with Gasteiger partial charge in [-0.1, -0.05) is 18.9 Å². The van der Waals surface area contributed by atoms with Gasteiger partial charge < -0.3 is 5.32 Å². The first kappa shape index (κ1) is 14.9. The van der Waals surface area contributed by atoms with Crippen LogP contribution in [0, 0.1) is 13.8 Å². The van der Waals surface area contributed by atoms with Gasteiger partial charge in [0.25, 0.3) is 0 Å². The van der Waals surface area contributed by atoms with E-state index >= 15 is 0 Å². The van der Waals surface area contributed by atoms with Crippen molar-refractivity contribution in [3.63, 3.8) is 0 Å². The molecule has 2 nitrogen and oxygen atoms in total. The van der Waals surface area contributed by atoms with Crippen molar-refractivity contribution < 1.29 is 0 Å². The summed E-state index contributed by atoms with van der Waals surface area (Å²) in [4.78, 5) is 4.64. The molecule has 1 heterocycles. The number of hydrogen-bond acceptors (Lipinski definition) is 2. The Morgan fingerprint density at radius 1 is 1.28 bits per heavy atom. The van der Waals surface area contributed by atoms with E-state index in [4.69, 9.17) is 0 Å². The minimum absolute atomic E-state index is 0.382. The second-order valence-corrected chi connectivity index (χ2v) is 4.98. The van der Waals surface area contributed by atoms with Crippen molar-refractivity contribution in [2.45, 2.75) is 52.0 Å². The van der Waals surface area contributed by atoms with Crippen LogP contribution in [0.15, 0.2) is 24.8 Å². The zero-order valence-corrected chi connectivity index (χ0v) is 12.0. The van der Waals surface area contributed by atoms with Crippen LogP contribution >= 0.6 is 0 Å². The minimum Gasteiger partial charge on any atom is -0.312 e. The van der Waals surface area contributed by atoms with E-state index in [1.54, 1.807) is 0 Å². The smallest absolute Gasteiger partial charge is 0.0578 e. The number of nitrogens with zero attached hydrogens (tertiary/aromatic N) is 1. The third-order valence-electron chi connectivity index (χ3n) is 3.22. The molecule has 0 amide bonds. The molecule has 1 unspecified atom stereocenters. The lowest BCUT2D eigenvalue weighted by Crippen LogP contribution is -2.18. The summed E-state index contributed by atoms with van der Waals surface area (Å²) in [5, 5.41) is 3.38. The van der Waals surface area contributed by atoms with Crippen LogP contribution in [0.5, 0.6) is 0 Å². The Kier molecular flexibility index (Phi) is 6.66. The third-order valence-corrected chi connectivity index (χ3v) is 3.22. The fourth-order valence-corrected chi connectivity index (χ4v) is 2.31. The highest BCUT2D eigenvalue weighted by Crippen LogP contribution is 2.19. The average molecular weight is 246 g/mol. The van der Waals surface area contributed by atoms with Crippen molar-refractivity contribution in [2.24, 2.45) is 0 Å². The lowest BCUT2D eigenvalue weighted by atomic mass is 10.0. The molecular formula is C16H26N2. The Morgan fingerprint density at radius 2 is 2.06 bits per heavy atom. The van der Waals surface area contributed by atoms with Gasteiger partial charge in [-0.05, 0) is 57.9 Å². The van der Waals surface area contributed by atoms with Gasteiger partial charge in [0.05, 0.1) is 5.69 Å². The molecule has 18 heavy (non-hydrogen) atoms. The summed E-state index contributed by atoms with van der Waals surface area (Å²) in [6.07, 6.45) is 8.06. The molecule has 0 fully saturated rings. The fourth-order valence-electron chi connectivity index (χ4n) is 2.31. The standard InChI is InChI=1S/C16H26N2/c1-5-6-7-8-9-10-15(17-4)16-12-13(2)11-14(3)18-16/h5,11-12,15,17H,1,6-10H2,2-4H3. The number of rotatable bonds is 8. The van der Waals surface area contributed by atoms with Gasteiger partial charge >= 0.3 is 0 Å². The van der Waals surface area contributed by atoms with Crippen molar-refractivity contribution in [3.8, 4) is 0 Å². The number of pyridine rings is 1. The van der Waals surface area contributed by atoms with Crippen LogP contribution in [0.2, 0.25) is 0 Å². The van der Waals surface area contributed by atoms with E-state index in [2.05, 4.69) is 42.9 Å². The van der Waals surface area contributed by atoms with E-state index in [0.29, 0.717) is 6.04 Å². The predicted octanol–water partition coefficient (Wildman–Crippen LogP) is 4.10. The van der Waals surface area contributed by atoms with Gasteiger partial charge in [0.15, 0.2) is 0 Å². The van der Waals surface area contributed by atoms with Crippen LogP contribution in [0.3, 0.4) is 0 Å². The molecule has 0 aliphatic carbocycles. The highest BCUT2D eigenvalue weighted by molar-refractivity contribution is 5.21. The lowest BCUT2D eigenvalue weighted by Gasteiger charge is -2.16. The molecule has 1 N–H and O–H groups in total. The van der Waals surface area contributed by atoms with Gasteiger partial charge in [0.2, 0.25) is 0 Å². The van der Waals surface area contributed by atoms with Gasteiger partial charge in [-0.2, -0.15) is 0 Å². The first-order valence-electron chi connectivity index (χ1n) is 6.90. The number of nitrogens with one attached hydrogen (secondary N) is 1. The number of hydrogen-bond donors (Lipinski definition) is 1. The zero-order chi connectivity index (χ0) is 13.4. The van der Waals surface area contributed by atoms with E-state index in [0.717, 1.165) is 18.5 Å². The van der Waals surface area contributed by atoms with E-state index in [9.17, 15) is 0 Å². The molecule has 0 saturated carbocycles. The third kappa shape index (κ3) is 5.01. The quantitative estimate of drug-likeness (QED) is 0.552. The van der Waals surface area contributed by atoms with Gasteiger partial charge in [-0.15, -0.1) is 6.58 Å². The van der Waals surface area contributed by atoms with E-state index in [1.807, 2.05) is 13.1 Å². The molecular weight excluding hydrogens is 220 g/mol. The van der Waals surface area contributed by atoms with Crippen LogP contribution in [0.1, 0.15) is 55.1 Å². The van der Waals surface area contributed by atoms with Crippen molar-refractivity contribution in [1.82, 2.24) is 10.3 Å². The molecule has 0 aliphatic rings. The van der Waals surface area contributed by atoms with E-state index in [1.165, 1.54) is 30.5 Å². The molecule has 1 aromatic heterocycles. The van der Waals surface area contributed by atoms with E-state index in [-0.39, 0.29) is 0 Å². The second kappa shape index (κ2) is 8.04. The van der Waals surface area contributed by atoms with Crippen molar-refractivity contribution in [2.75, 3.05) is 7.05 Å². The molecule has 1 atom stereocenters. The number of aromatic nitrogens is 1. The number of aryl methyl sites for hydroxylation is 2. The highest BCUT2D eigenvalue weighted by Gasteiger charge is 2.10. The average Bonchev–Trinajstić information content (AvgIpc) is 2.32. The maximum atomic E-state index is 4.64. The van der Waals surface area contributed by atoms with Gasteiger partial charge in [0, 0.05) is 11.7 Å². The van der Waals surface area contributed by atoms with Crippen molar-refractivity contribution in [3.05, 3.63) is 41.7 Å².